The normalized spacial score (nSPS) is 19.4. The van der Waals surface area contributed by atoms with Crippen LogP contribution in [0.2, 0.25) is 0 Å². The smallest absolute Gasteiger partial charge is 0.408 e. The number of ether oxygens (including phenoxy) is 1. The summed E-state index contributed by atoms with van der Waals surface area (Å²) in [5.41, 5.74) is 1.51. The Morgan fingerprint density at radius 2 is 2.25 bits per heavy atom. The number of halogens is 1. The predicted octanol–water partition coefficient (Wildman–Crippen LogP) is 2.53. The second-order valence-corrected chi connectivity index (χ2v) is 5.15. The van der Waals surface area contributed by atoms with Gasteiger partial charge in [0, 0.05) is 31.0 Å². The molecule has 0 radical (unpaired) electrons. The number of benzene rings is 1. The molecule has 20 heavy (non-hydrogen) atoms. The molecule has 1 fully saturated rings. The van der Waals surface area contributed by atoms with E-state index in [1.54, 1.807) is 13.0 Å². The van der Waals surface area contributed by atoms with E-state index in [0.29, 0.717) is 11.3 Å². The quantitative estimate of drug-likeness (QED) is 0.918. The van der Waals surface area contributed by atoms with Crippen molar-refractivity contribution in [3.05, 3.63) is 28.0 Å². The van der Waals surface area contributed by atoms with Crippen molar-refractivity contribution in [2.24, 2.45) is 0 Å². The number of oxazole rings is 1. The summed E-state index contributed by atoms with van der Waals surface area (Å²) < 4.78 is 25.0. The highest BCUT2D eigenvalue weighted by Gasteiger charge is 2.23. The van der Waals surface area contributed by atoms with Crippen molar-refractivity contribution in [2.75, 3.05) is 18.6 Å². The molecule has 1 aliphatic rings. The molecule has 1 aromatic carbocycles. The maximum Gasteiger partial charge on any atom is 0.417 e. The van der Waals surface area contributed by atoms with Gasteiger partial charge in [0.15, 0.2) is 11.4 Å². The zero-order chi connectivity index (χ0) is 14.3. The van der Waals surface area contributed by atoms with Gasteiger partial charge in [0.2, 0.25) is 0 Å². The molecule has 5 nitrogen and oxygen atoms in total. The number of H-pyrrole nitrogens is 1. The van der Waals surface area contributed by atoms with Crippen molar-refractivity contribution < 1.29 is 13.5 Å². The number of anilines is 1. The first-order valence-corrected chi connectivity index (χ1v) is 6.74. The molecule has 6 heteroatoms. The van der Waals surface area contributed by atoms with E-state index in [9.17, 15) is 9.18 Å². The zero-order valence-electron chi connectivity index (χ0n) is 11.5. The van der Waals surface area contributed by atoms with E-state index in [-0.39, 0.29) is 17.3 Å². The minimum absolute atomic E-state index is 0.0648. The number of hydrogen-bond acceptors (Lipinski definition) is 4. The molecule has 2 heterocycles. The highest BCUT2D eigenvalue weighted by atomic mass is 19.1. The van der Waals surface area contributed by atoms with Crippen LogP contribution in [0.5, 0.6) is 0 Å². The van der Waals surface area contributed by atoms with Gasteiger partial charge in [0.05, 0.1) is 0 Å². The van der Waals surface area contributed by atoms with Crippen LogP contribution in [0.1, 0.15) is 24.8 Å². The number of nitrogens with one attached hydrogen (secondary N) is 1. The average Bonchev–Trinajstić information content (AvgIpc) is 2.84. The van der Waals surface area contributed by atoms with E-state index < -0.39 is 11.6 Å². The van der Waals surface area contributed by atoms with Gasteiger partial charge in [-0.15, -0.1) is 0 Å². The summed E-state index contributed by atoms with van der Waals surface area (Å²) >= 11 is 0. The van der Waals surface area contributed by atoms with Gasteiger partial charge in [0.1, 0.15) is 11.7 Å². The van der Waals surface area contributed by atoms with Crippen molar-refractivity contribution in [1.29, 1.82) is 0 Å². The lowest BCUT2D eigenvalue weighted by Gasteiger charge is -2.33. The van der Waals surface area contributed by atoms with Crippen molar-refractivity contribution in [1.82, 2.24) is 4.98 Å². The molecule has 1 N–H and O–H groups in total. The Morgan fingerprint density at radius 3 is 2.95 bits per heavy atom. The number of aromatic nitrogens is 1. The van der Waals surface area contributed by atoms with Crippen LogP contribution in [0.3, 0.4) is 0 Å². The second kappa shape index (κ2) is 4.94. The van der Waals surface area contributed by atoms with Crippen LogP contribution >= 0.6 is 0 Å². The molecule has 1 aliphatic heterocycles. The van der Waals surface area contributed by atoms with Crippen molar-refractivity contribution >= 4 is 16.8 Å². The summed E-state index contributed by atoms with van der Waals surface area (Å²) in [5, 5.41) is 0. The molecule has 0 bridgehead atoms. The van der Waals surface area contributed by atoms with E-state index in [1.165, 1.54) is 0 Å². The standard InChI is InChI=1S/C14H17FN2O3/c1-8-9(17(2)11-5-3-4-6-19-11)7-10-13(12(8)15)16-14(18)20-10/h7,11H,3-6H2,1-2H3,(H,16,18). The van der Waals surface area contributed by atoms with E-state index in [1.807, 2.05) is 11.9 Å². The molecule has 1 unspecified atom stereocenters. The third-order valence-electron chi connectivity index (χ3n) is 3.84. The molecule has 1 atom stereocenters. The van der Waals surface area contributed by atoms with Crippen LogP contribution in [0.15, 0.2) is 15.3 Å². The molecular weight excluding hydrogens is 263 g/mol. The molecule has 0 amide bonds. The highest BCUT2D eigenvalue weighted by Crippen LogP contribution is 2.31. The van der Waals surface area contributed by atoms with E-state index in [4.69, 9.17) is 9.15 Å². The van der Waals surface area contributed by atoms with Gasteiger partial charge >= 0.3 is 5.76 Å². The molecule has 1 aromatic heterocycles. The van der Waals surface area contributed by atoms with Gasteiger partial charge in [0.25, 0.3) is 0 Å². The molecule has 1 saturated heterocycles. The topological polar surface area (TPSA) is 58.5 Å². The molecule has 3 rings (SSSR count). The first-order valence-electron chi connectivity index (χ1n) is 6.74. The SMILES string of the molecule is Cc1c(N(C)C2CCCCO2)cc2oc(=O)[nH]c2c1F. The fourth-order valence-corrected chi connectivity index (χ4v) is 2.69. The van der Waals surface area contributed by atoms with Gasteiger partial charge in [-0.25, -0.2) is 9.18 Å². The van der Waals surface area contributed by atoms with Gasteiger partial charge in [-0.2, -0.15) is 0 Å². The molecule has 2 aromatic rings. The predicted molar refractivity (Wildman–Crippen MR) is 73.5 cm³/mol. The Bertz CT molecular complexity index is 686. The lowest BCUT2D eigenvalue weighted by atomic mass is 10.1. The molecule has 0 spiro atoms. The summed E-state index contributed by atoms with van der Waals surface area (Å²) in [4.78, 5) is 15.5. The fourth-order valence-electron chi connectivity index (χ4n) is 2.69. The number of hydrogen-bond donors (Lipinski definition) is 1. The number of aromatic amines is 1. The largest absolute Gasteiger partial charge is 0.417 e. The highest BCUT2D eigenvalue weighted by molar-refractivity contribution is 5.80. The van der Waals surface area contributed by atoms with Crippen LogP contribution in [0.25, 0.3) is 11.1 Å². The first-order chi connectivity index (χ1) is 9.58. The van der Waals surface area contributed by atoms with Crippen LogP contribution < -0.4 is 10.7 Å². The lowest BCUT2D eigenvalue weighted by Crippen LogP contribution is -2.37. The Morgan fingerprint density at radius 1 is 1.45 bits per heavy atom. The Kier molecular flexibility index (Phi) is 3.25. The van der Waals surface area contributed by atoms with Gasteiger partial charge < -0.3 is 14.1 Å². The van der Waals surface area contributed by atoms with Crippen molar-refractivity contribution in [3.63, 3.8) is 0 Å². The van der Waals surface area contributed by atoms with E-state index in [0.717, 1.165) is 25.9 Å². The molecular formula is C14H17FN2O3. The first kappa shape index (κ1) is 13.2. The summed E-state index contributed by atoms with van der Waals surface area (Å²) in [6.45, 7) is 2.41. The zero-order valence-corrected chi connectivity index (χ0v) is 11.5. The van der Waals surface area contributed by atoms with Gasteiger partial charge in [-0.3, -0.25) is 4.98 Å². The lowest BCUT2D eigenvalue weighted by molar-refractivity contribution is 0.0173. The number of fused-ring (bicyclic) bond motifs is 1. The van der Waals surface area contributed by atoms with Crippen molar-refractivity contribution in [3.8, 4) is 0 Å². The Hall–Kier alpha value is -1.82. The van der Waals surface area contributed by atoms with Crippen LogP contribution in [0, 0.1) is 12.7 Å². The van der Waals surface area contributed by atoms with Crippen LogP contribution in [-0.4, -0.2) is 24.9 Å². The molecule has 0 saturated carbocycles. The average molecular weight is 280 g/mol. The third-order valence-corrected chi connectivity index (χ3v) is 3.84. The van der Waals surface area contributed by atoms with Crippen molar-refractivity contribution in [2.45, 2.75) is 32.4 Å². The van der Waals surface area contributed by atoms with Crippen LogP contribution in [-0.2, 0) is 4.74 Å². The second-order valence-electron chi connectivity index (χ2n) is 5.15. The van der Waals surface area contributed by atoms with E-state index >= 15 is 0 Å². The molecule has 108 valence electrons. The third kappa shape index (κ3) is 2.10. The summed E-state index contributed by atoms with van der Waals surface area (Å²) in [7, 11) is 1.87. The monoisotopic (exact) mass is 280 g/mol. The summed E-state index contributed by atoms with van der Waals surface area (Å²) in [5.74, 6) is -1.10. The number of rotatable bonds is 2. The number of nitrogens with zero attached hydrogens (tertiary/aromatic N) is 1. The Balaban J connectivity index is 2.05. The molecule has 0 aliphatic carbocycles. The minimum Gasteiger partial charge on any atom is -0.408 e. The maximum atomic E-state index is 14.3. The van der Waals surface area contributed by atoms with Gasteiger partial charge in [-0.05, 0) is 26.2 Å². The summed E-state index contributed by atoms with van der Waals surface area (Å²) in [6, 6.07) is 1.68. The van der Waals surface area contributed by atoms with Gasteiger partial charge in [-0.1, -0.05) is 0 Å². The van der Waals surface area contributed by atoms with Crippen LogP contribution in [0.4, 0.5) is 10.1 Å². The Labute approximate surface area is 115 Å². The maximum absolute atomic E-state index is 14.3. The van der Waals surface area contributed by atoms with E-state index in [2.05, 4.69) is 4.98 Å². The summed E-state index contributed by atoms with van der Waals surface area (Å²) in [6.07, 6.45) is 3.00. The minimum atomic E-state index is -0.646. The fraction of sp³-hybridized carbons (Fsp3) is 0.500.